The van der Waals surface area contributed by atoms with Gasteiger partial charge in [0.15, 0.2) is 4.77 Å². The number of aromatic amines is 1. The summed E-state index contributed by atoms with van der Waals surface area (Å²) in [7, 11) is 0. The van der Waals surface area contributed by atoms with Crippen LogP contribution >= 0.6 is 12.2 Å². The number of rotatable bonds is 3. The van der Waals surface area contributed by atoms with E-state index in [4.69, 9.17) is 21.7 Å². The summed E-state index contributed by atoms with van der Waals surface area (Å²) in [6, 6.07) is 6.52. The van der Waals surface area contributed by atoms with Crippen LogP contribution in [0.25, 0.3) is 11.0 Å². The molecule has 114 valence electrons. The minimum atomic E-state index is 0.143. The van der Waals surface area contributed by atoms with Gasteiger partial charge in [-0.2, -0.15) is 0 Å². The van der Waals surface area contributed by atoms with E-state index in [2.05, 4.69) is 22.5 Å². The Hall–Kier alpha value is -1.33. The van der Waals surface area contributed by atoms with Crippen LogP contribution in [0.1, 0.15) is 39.7 Å². The largest absolute Gasteiger partial charge is 0.489 e. The van der Waals surface area contributed by atoms with Crippen LogP contribution in [-0.2, 0) is 4.74 Å². The minimum absolute atomic E-state index is 0.143. The summed E-state index contributed by atoms with van der Waals surface area (Å²) in [5.74, 6) is 0.868. The highest BCUT2D eigenvalue weighted by Crippen LogP contribution is 2.32. The fourth-order valence-corrected chi connectivity index (χ4v) is 3.40. The average Bonchev–Trinajstić information content (AvgIpc) is 2.75. The molecule has 0 aliphatic carbocycles. The van der Waals surface area contributed by atoms with E-state index in [-0.39, 0.29) is 12.2 Å². The van der Waals surface area contributed by atoms with Crippen molar-refractivity contribution in [2.75, 3.05) is 6.61 Å². The van der Waals surface area contributed by atoms with Crippen molar-refractivity contribution in [1.29, 1.82) is 0 Å². The van der Waals surface area contributed by atoms with Gasteiger partial charge in [0.25, 0.3) is 0 Å². The Morgan fingerprint density at radius 1 is 1.43 bits per heavy atom. The number of nitrogens with zero attached hydrogens (tertiary/aromatic N) is 1. The van der Waals surface area contributed by atoms with Crippen LogP contribution in [0.3, 0.4) is 0 Å². The third-order valence-electron chi connectivity index (χ3n) is 3.90. The molecule has 2 aromatic rings. The van der Waals surface area contributed by atoms with Crippen LogP contribution in [0.4, 0.5) is 0 Å². The average molecular weight is 306 g/mol. The summed E-state index contributed by atoms with van der Waals surface area (Å²) in [6.45, 7) is 6.98. The molecule has 1 aromatic carbocycles. The molecular weight excluding hydrogens is 284 g/mol. The van der Waals surface area contributed by atoms with E-state index >= 15 is 0 Å². The first kappa shape index (κ1) is 14.6. The molecule has 1 saturated heterocycles. The maximum absolute atomic E-state index is 5.89. The second-order valence-electron chi connectivity index (χ2n) is 5.98. The fourth-order valence-electron chi connectivity index (χ4n) is 3.05. The lowest BCUT2D eigenvalue weighted by Gasteiger charge is -2.28. The number of nitrogens with one attached hydrogen (secondary N) is 1. The predicted molar refractivity (Wildman–Crippen MR) is 86.6 cm³/mol. The number of benzene rings is 1. The van der Waals surface area contributed by atoms with Crippen molar-refractivity contribution in [2.45, 2.75) is 51.9 Å². The van der Waals surface area contributed by atoms with Crippen LogP contribution in [-0.4, -0.2) is 28.4 Å². The minimum Gasteiger partial charge on any atom is -0.489 e. The topological polar surface area (TPSA) is 39.2 Å². The smallest absolute Gasteiger partial charge is 0.178 e. The van der Waals surface area contributed by atoms with Gasteiger partial charge in [0.05, 0.1) is 17.7 Å². The lowest BCUT2D eigenvalue weighted by Crippen LogP contribution is -2.25. The van der Waals surface area contributed by atoms with Gasteiger partial charge >= 0.3 is 0 Å². The molecule has 1 aliphatic rings. The zero-order valence-corrected chi connectivity index (χ0v) is 13.6. The number of hydrogen-bond donors (Lipinski definition) is 1. The van der Waals surface area contributed by atoms with E-state index in [0.29, 0.717) is 6.04 Å². The van der Waals surface area contributed by atoms with Crippen LogP contribution in [0.5, 0.6) is 5.75 Å². The molecule has 3 rings (SSSR count). The molecule has 0 bridgehead atoms. The molecule has 0 spiro atoms. The Morgan fingerprint density at radius 2 is 2.24 bits per heavy atom. The summed E-state index contributed by atoms with van der Waals surface area (Å²) in [6.07, 6.45) is 2.42. The first-order valence-electron chi connectivity index (χ1n) is 7.57. The Morgan fingerprint density at radius 3 is 2.95 bits per heavy atom. The molecule has 1 aromatic heterocycles. The van der Waals surface area contributed by atoms with E-state index in [1.54, 1.807) is 0 Å². The van der Waals surface area contributed by atoms with Gasteiger partial charge in [0, 0.05) is 12.6 Å². The summed E-state index contributed by atoms with van der Waals surface area (Å²) in [5, 5.41) is 0. The molecule has 0 saturated carbocycles. The van der Waals surface area contributed by atoms with Gasteiger partial charge < -0.3 is 19.0 Å². The van der Waals surface area contributed by atoms with Gasteiger partial charge in [-0.3, -0.25) is 0 Å². The van der Waals surface area contributed by atoms with Gasteiger partial charge in [-0.15, -0.1) is 0 Å². The molecule has 0 radical (unpaired) electrons. The molecule has 1 aliphatic heterocycles. The maximum atomic E-state index is 5.89. The normalized spacial score (nSPS) is 22.9. The summed E-state index contributed by atoms with van der Waals surface area (Å²) >= 11 is 5.56. The molecule has 0 amide bonds. The van der Waals surface area contributed by atoms with Crippen molar-refractivity contribution < 1.29 is 9.47 Å². The van der Waals surface area contributed by atoms with Crippen molar-refractivity contribution in [3.05, 3.63) is 23.0 Å². The fraction of sp³-hybridized carbons (Fsp3) is 0.562. The van der Waals surface area contributed by atoms with Gasteiger partial charge in [-0.1, -0.05) is 6.07 Å². The Labute approximate surface area is 130 Å². The first-order valence-corrected chi connectivity index (χ1v) is 7.98. The molecule has 4 nitrogen and oxygen atoms in total. The maximum Gasteiger partial charge on any atom is 0.178 e. The van der Waals surface area contributed by atoms with E-state index in [1.165, 1.54) is 0 Å². The summed E-state index contributed by atoms with van der Waals surface area (Å²) in [4.78, 5) is 3.33. The summed E-state index contributed by atoms with van der Waals surface area (Å²) in [5.41, 5.74) is 2.12. The van der Waals surface area contributed by atoms with Crippen molar-refractivity contribution >= 4 is 23.3 Å². The first-order chi connectivity index (χ1) is 10.1. The van der Waals surface area contributed by atoms with Gasteiger partial charge in [0.2, 0.25) is 0 Å². The molecular formula is C16H22N2O2S. The second-order valence-corrected chi connectivity index (χ2v) is 6.36. The number of imidazole rings is 1. The number of para-hydroxylation sites is 1. The molecule has 1 N–H and O–H groups in total. The molecule has 1 fully saturated rings. The van der Waals surface area contributed by atoms with E-state index in [9.17, 15) is 0 Å². The van der Waals surface area contributed by atoms with Crippen LogP contribution in [0.15, 0.2) is 18.2 Å². The highest BCUT2D eigenvalue weighted by molar-refractivity contribution is 7.71. The van der Waals surface area contributed by atoms with Crippen molar-refractivity contribution in [2.24, 2.45) is 0 Å². The molecule has 2 atom stereocenters. The van der Waals surface area contributed by atoms with Gasteiger partial charge in [-0.25, -0.2) is 0 Å². The van der Waals surface area contributed by atoms with E-state index < -0.39 is 0 Å². The molecule has 2 unspecified atom stereocenters. The number of ether oxygens (including phenoxy) is 2. The molecule has 21 heavy (non-hydrogen) atoms. The third kappa shape index (κ3) is 2.85. The monoisotopic (exact) mass is 306 g/mol. The Balaban J connectivity index is 2.07. The van der Waals surface area contributed by atoms with Crippen LogP contribution in [0.2, 0.25) is 0 Å². The van der Waals surface area contributed by atoms with Crippen LogP contribution < -0.4 is 4.74 Å². The van der Waals surface area contributed by atoms with Crippen molar-refractivity contribution in [3.8, 4) is 5.75 Å². The van der Waals surface area contributed by atoms with Crippen molar-refractivity contribution in [1.82, 2.24) is 9.55 Å². The second kappa shape index (κ2) is 5.81. The van der Waals surface area contributed by atoms with E-state index in [0.717, 1.165) is 41.0 Å². The number of fused-ring (bicyclic) bond motifs is 1. The third-order valence-corrected chi connectivity index (χ3v) is 4.20. The van der Waals surface area contributed by atoms with Gasteiger partial charge in [-0.05, 0) is 58.0 Å². The predicted octanol–water partition coefficient (Wildman–Crippen LogP) is 4.23. The zero-order valence-electron chi connectivity index (χ0n) is 12.8. The molecule has 5 heteroatoms. The van der Waals surface area contributed by atoms with Crippen LogP contribution in [0, 0.1) is 4.77 Å². The van der Waals surface area contributed by atoms with Gasteiger partial charge in [0.1, 0.15) is 11.3 Å². The highest BCUT2D eigenvalue weighted by Gasteiger charge is 2.23. The quantitative estimate of drug-likeness (QED) is 0.863. The lowest BCUT2D eigenvalue weighted by molar-refractivity contribution is 0.00647. The lowest BCUT2D eigenvalue weighted by atomic mass is 10.0. The standard InChI is InChI=1S/C16H22N2O2S/c1-10(2)20-14-6-4-5-13-15(14)17-16(21)18(13)12-7-8-19-11(3)9-12/h4-6,10-12H,7-9H2,1-3H3,(H,17,21). The highest BCUT2D eigenvalue weighted by atomic mass is 32.1. The SMILES string of the molecule is CC(C)Oc1cccc2c1[nH]c(=S)n2C1CCOC(C)C1. The zero-order chi connectivity index (χ0) is 15.0. The Kier molecular flexibility index (Phi) is 4.04. The number of hydrogen-bond acceptors (Lipinski definition) is 3. The number of aromatic nitrogens is 2. The Bertz CT molecular complexity index is 689. The van der Waals surface area contributed by atoms with Crippen molar-refractivity contribution in [3.63, 3.8) is 0 Å². The molecule has 2 heterocycles. The number of H-pyrrole nitrogens is 1. The van der Waals surface area contributed by atoms with E-state index in [1.807, 2.05) is 26.0 Å². The summed E-state index contributed by atoms with van der Waals surface area (Å²) < 4.78 is 14.5.